The molecule has 1 heterocycles. The van der Waals surface area contributed by atoms with Crippen LogP contribution in [-0.4, -0.2) is 18.3 Å². The van der Waals surface area contributed by atoms with Gasteiger partial charge in [-0.1, -0.05) is 32.3 Å². The highest BCUT2D eigenvalue weighted by atomic mass is 16.6. The average Bonchev–Trinajstić information content (AvgIpc) is 2.47. The smallest absolute Gasteiger partial charge is 0.161 e. The Morgan fingerprint density at radius 3 is 2.79 bits per heavy atom. The van der Waals surface area contributed by atoms with E-state index in [4.69, 9.17) is 9.47 Å². The van der Waals surface area contributed by atoms with E-state index in [0.717, 1.165) is 42.7 Å². The van der Waals surface area contributed by atoms with Crippen molar-refractivity contribution >= 4 is 0 Å². The van der Waals surface area contributed by atoms with Gasteiger partial charge in [-0.3, -0.25) is 0 Å². The summed E-state index contributed by atoms with van der Waals surface area (Å²) >= 11 is 0. The van der Waals surface area contributed by atoms with Crippen molar-refractivity contribution in [1.82, 2.24) is 0 Å². The molecule has 0 saturated heterocycles. The van der Waals surface area contributed by atoms with E-state index in [-0.39, 0.29) is 0 Å². The van der Waals surface area contributed by atoms with Crippen LogP contribution in [-0.2, 0) is 5.60 Å². The summed E-state index contributed by atoms with van der Waals surface area (Å²) in [6.45, 7) is 3.36. The third kappa shape index (κ3) is 2.20. The zero-order valence-electron chi connectivity index (χ0n) is 11.5. The standard InChI is InChI=1S/C16H22O3/c1-2-12-5-3-4-8-16(12,17)13-6-7-14-15(11-13)19-10-9-18-14/h6-7,11-12,17H,2-5,8-10H2,1H3. The minimum Gasteiger partial charge on any atom is -0.486 e. The normalized spacial score (nSPS) is 30.1. The largest absolute Gasteiger partial charge is 0.486 e. The molecule has 2 atom stereocenters. The molecule has 1 fully saturated rings. The number of hydrogen-bond donors (Lipinski definition) is 1. The molecule has 0 amide bonds. The van der Waals surface area contributed by atoms with Crippen LogP contribution in [0.2, 0.25) is 0 Å². The highest BCUT2D eigenvalue weighted by molar-refractivity contribution is 5.45. The van der Waals surface area contributed by atoms with Crippen molar-refractivity contribution < 1.29 is 14.6 Å². The van der Waals surface area contributed by atoms with Gasteiger partial charge in [0.15, 0.2) is 11.5 Å². The van der Waals surface area contributed by atoms with E-state index in [1.165, 1.54) is 6.42 Å². The first-order chi connectivity index (χ1) is 9.24. The van der Waals surface area contributed by atoms with Crippen LogP contribution >= 0.6 is 0 Å². The summed E-state index contributed by atoms with van der Waals surface area (Å²) in [5.41, 5.74) is 0.298. The van der Waals surface area contributed by atoms with Crippen LogP contribution in [0.15, 0.2) is 18.2 Å². The quantitative estimate of drug-likeness (QED) is 0.889. The molecular weight excluding hydrogens is 240 g/mol. The van der Waals surface area contributed by atoms with Gasteiger partial charge >= 0.3 is 0 Å². The molecule has 1 aromatic carbocycles. The molecule has 3 rings (SSSR count). The monoisotopic (exact) mass is 262 g/mol. The molecule has 0 bridgehead atoms. The number of rotatable bonds is 2. The molecule has 2 unspecified atom stereocenters. The van der Waals surface area contributed by atoms with Gasteiger partial charge in [-0.15, -0.1) is 0 Å². The Labute approximate surface area is 114 Å². The topological polar surface area (TPSA) is 38.7 Å². The first-order valence-corrected chi connectivity index (χ1v) is 7.36. The van der Waals surface area contributed by atoms with E-state index in [2.05, 4.69) is 6.92 Å². The Morgan fingerprint density at radius 1 is 1.21 bits per heavy atom. The van der Waals surface area contributed by atoms with Crippen molar-refractivity contribution in [3.63, 3.8) is 0 Å². The van der Waals surface area contributed by atoms with Crippen LogP contribution in [0.5, 0.6) is 11.5 Å². The Balaban J connectivity index is 1.95. The zero-order chi connectivity index (χ0) is 13.3. The van der Waals surface area contributed by atoms with Crippen LogP contribution in [0.25, 0.3) is 0 Å². The molecule has 1 aromatic rings. The number of fused-ring (bicyclic) bond motifs is 1. The second-order valence-electron chi connectivity index (χ2n) is 5.63. The average molecular weight is 262 g/mol. The van der Waals surface area contributed by atoms with E-state index >= 15 is 0 Å². The van der Waals surface area contributed by atoms with E-state index in [1.807, 2.05) is 18.2 Å². The van der Waals surface area contributed by atoms with E-state index in [9.17, 15) is 5.11 Å². The number of ether oxygens (including phenoxy) is 2. The second kappa shape index (κ2) is 5.04. The van der Waals surface area contributed by atoms with Gasteiger partial charge in [0.2, 0.25) is 0 Å². The Bertz CT molecular complexity index is 457. The van der Waals surface area contributed by atoms with E-state index < -0.39 is 5.60 Å². The van der Waals surface area contributed by atoms with Crippen molar-refractivity contribution in [2.24, 2.45) is 5.92 Å². The molecule has 0 aromatic heterocycles. The van der Waals surface area contributed by atoms with Gasteiger partial charge in [0.05, 0.1) is 5.60 Å². The van der Waals surface area contributed by atoms with Gasteiger partial charge in [0, 0.05) is 0 Å². The Morgan fingerprint density at radius 2 is 2.00 bits per heavy atom. The fraction of sp³-hybridized carbons (Fsp3) is 0.625. The summed E-state index contributed by atoms with van der Waals surface area (Å²) in [6.07, 6.45) is 5.31. The molecule has 3 heteroatoms. The second-order valence-corrected chi connectivity index (χ2v) is 5.63. The van der Waals surface area contributed by atoms with Crippen molar-refractivity contribution in [3.8, 4) is 11.5 Å². The molecule has 0 spiro atoms. The van der Waals surface area contributed by atoms with Gasteiger partial charge in [0.25, 0.3) is 0 Å². The maximum Gasteiger partial charge on any atom is 0.161 e. The zero-order valence-corrected chi connectivity index (χ0v) is 11.5. The van der Waals surface area contributed by atoms with Crippen LogP contribution < -0.4 is 9.47 Å². The van der Waals surface area contributed by atoms with Crippen molar-refractivity contribution in [2.75, 3.05) is 13.2 Å². The lowest BCUT2D eigenvalue weighted by Gasteiger charge is -2.40. The molecular formula is C16H22O3. The first kappa shape index (κ1) is 12.8. The lowest BCUT2D eigenvalue weighted by Crippen LogP contribution is -2.37. The summed E-state index contributed by atoms with van der Waals surface area (Å²) in [5.74, 6) is 1.92. The maximum absolute atomic E-state index is 11.1. The molecule has 1 saturated carbocycles. The molecule has 1 aliphatic carbocycles. The number of hydrogen-bond acceptors (Lipinski definition) is 3. The highest BCUT2D eigenvalue weighted by Crippen LogP contribution is 2.45. The summed E-state index contributed by atoms with van der Waals surface area (Å²) in [5, 5.41) is 11.1. The SMILES string of the molecule is CCC1CCCCC1(O)c1ccc2c(c1)OCCO2. The van der Waals surface area contributed by atoms with Crippen LogP contribution in [0.4, 0.5) is 0 Å². The van der Waals surface area contributed by atoms with Gasteiger partial charge in [-0.2, -0.15) is 0 Å². The molecule has 1 aliphatic heterocycles. The molecule has 1 N–H and O–H groups in total. The molecule has 0 radical (unpaired) electrons. The maximum atomic E-state index is 11.1. The first-order valence-electron chi connectivity index (χ1n) is 7.36. The predicted octanol–water partition coefficient (Wildman–Crippen LogP) is 3.25. The molecule has 104 valence electrons. The summed E-state index contributed by atoms with van der Waals surface area (Å²) in [4.78, 5) is 0. The van der Waals surface area contributed by atoms with E-state index in [0.29, 0.717) is 19.1 Å². The van der Waals surface area contributed by atoms with Gasteiger partial charge < -0.3 is 14.6 Å². The molecule has 19 heavy (non-hydrogen) atoms. The van der Waals surface area contributed by atoms with Crippen LogP contribution in [0.3, 0.4) is 0 Å². The lowest BCUT2D eigenvalue weighted by molar-refractivity contribution is -0.0560. The summed E-state index contributed by atoms with van der Waals surface area (Å²) in [6, 6.07) is 5.91. The van der Waals surface area contributed by atoms with Gasteiger partial charge in [0.1, 0.15) is 13.2 Å². The Hall–Kier alpha value is -1.22. The third-order valence-corrected chi connectivity index (χ3v) is 4.57. The van der Waals surface area contributed by atoms with Crippen LogP contribution in [0.1, 0.15) is 44.6 Å². The third-order valence-electron chi connectivity index (χ3n) is 4.57. The molecule has 3 nitrogen and oxygen atoms in total. The summed E-state index contributed by atoms with van der Waals surface area (Å²) in [7, 11) is 0. The van der Waals surface area contributed by atoms with Crippen LogP contribution in [0, 0.1) is 5.92 Å². The van der Waals surface area contributed by atoms with E-state index in [1.54, 1.807) is 0 Å². The predicted molar refractivity (Wildman–Crippen MR) is 73.6 cm³/mol. The highest BCUT2D eigenvalue weighted by Gasteiger charge is 2.39. The summed E-state index contributed by atoms with van der Waals surface area (Å²) < 4.78 is 11.2. The minimum absolute atomic E-state index is 0.351. The van der Waals surface area contributed by atoms with Crippen molar-refractivity contribution in [2.45, 2.75) is 44.6 Å². The fourth-order valence-corrected chi connectivity index (χ4v) is 3.46. The minimum atomic E-state index is -0.692. The van der Waals surface area contributed by atoms with Gasteiger partial charge in [-0.25, -0.2) is 0 Å². The fourth-order valence-electron chi connectivity index (χ4n) is 3.46. The lowest BCUT2D eigenvalue weighted by atomic mass is 9.70. The molecule has 2 aliphatic rings. The number of benzene rings is 1. The van der Waals surface area contributed by atoms with Crippen molar-refractivity contribution in [3.05, 3.63) is 23.8 Å². The van der Waals surface area contributed by atoms with Gasteiger partial charge in [-0.05, 0) is 36.5 Å². The number of aliphatic hydroxyl groups is 1. The Kier molecular flexibility index (Phi) is 3.40. The van der Waals surface area contributed by atoms with Crippen molar-refractivity contribution in [1.29, 1.82) is 0 Å².